The van der Waals surface area contributed by atoms with E-state index >= 15 is 0 Å². The van der Waals surface area contributed by atoms with Crippen molar-refractivity contribution in [1.29, 1.82) is 0 Å². The molecule has 1 heterocycles. The molecule has 1 aliphatic rings. The van der Waals surface area contributed by atoms with Crippen LogP contribution in [-0.4, -0.2) is 11.6 Å². The quantitative estimate of drug-likeness (QED) is 0.245. The van der Waals surface area contributed by atoms with Gasteiger partial charge < -0.3 is 4.74 Å². The molecule has 34 heavy (non-hydrogen) atoms. The fourth-order valence-electron chi connectivity index (χ4n) is 5.56. The average Bonchev–Trinajstić information content (AvgIpc) is 2.88. The molecule has 0 radical (unpaired) electrons. The van der Waals surface area contributed by atoms with Gasteiger partial charge in [-0.25, -0.2) is 0 Å². The van der Waals surface area contributed by atoms with Crippen LogP contribution in [0.5, 0.6) is 5.75 Å². The van der Waals surface area contributed by atoms with Gasteiger partial charge in [-0.2, -0.15) is 0 Å². The molecule has 1 aromatic carbocycles. The van der Waals surface area contributed by atoms with Gasteiger partial charge in [-0.05, 0) is 79.3 Å². The predicted octanol–water partition coefficient (Wildman–Crippen LogP) is 9.66. The fraction of sp³-hybridized carbons (Fsp3) is 0.656. The summed E-state index contributed by atoms with van der Waals surface area (Å²) in [6, 6.07) is 12.9. The van der Waals surface area contributed by atoms with Gasteiger partial charge in [0.25, 0.3) is 0 Å². The molecule has 1 aromatic heterocycles. The summed E-state index contributed by atoms with van der Waals surface area (Å²) in [6.45, 7) is 7.77. The van der Waals surface area contributed by atoms with Crippen LogP contribution in [0, 0.1) is 17.8 Å². The standard InChI is InChI=1S/C32H49NO/c1-4-6-7-14-28-15-8-9-16-29(28)17-11-24-34-31-21-19-30(20-22-31)32-23-18-27(25-33-32)13-10-12-26(3)5-2/h18-23,25-26,28-29H,4-17,24H2,1-3H3/t26-,28?,29?/m0/s1. The molecule has 0 N–H and O–H groups in total. The third-order valence-corrected chi connectivity index (χ3v) is 8.07. The topological polar surface area (TPSA) is 22.1 Å². The molecule has 0 aliphatic heterocycles. The molecule has 2 unspecified atom stereocenters. The maximum absolute atomic E-state index is 6.09. The maximum Gasteiger partial charge on any atom is 0.119 e. The second-order valence-electron chi connectivity index (χ2n) is 10.8. The Balaban J connectivity index is 1.39. The second kappa shape index (κ2) is 15.2. The van der Waals surface area contributed by atoms with E-state index in [0.29, 0.717) is 0 Å². The van der Waals surface area contributed by atoms with Crippen molar-refractivity contribution in [2.75, 3.05) is 6.61 Å². The Morgan fingerprint density at radius 3 is 2.26 bits per heavy atom. The second-order valence-corrected chi connectivity index (χ2v) is 10.8. The van der Waals surface area contributed by atoms with E-state index in [1.165, 1.54) is 89.0 Å². The maximum atomic E-state index is 6.09. The lowest BCUT2D eigenvalue weighted by atomic mass is 9.74. The molecule has 2 nitrogen and oxygen atoms in total. The first-order valence-electron chi connectivity index (χ1n) is 14.4. The highest BCUT2D eigenvalue weighted by Gasteiger charge is 2.24. The van der Waals surface area contributed by atoms with Gasteiger partial charge >= 0.3 is 0 Å². The van der Waals surface area contributed by atoms with E-state index in [-0.39, 0.29) is 0 Å². The molecule has 188 valence electrons. The first-order chi connectivity index (χ1) is 16.7. The third-order valence-electron chi connectivity index (χ3n) is 8.07. The molecule has 0 amide bonds. The summed E-state index contributed by atoms with van der Waals surface area (Å²) in [5, 5.41) is 0. The number of hydrogen-bond acceptors (Lipinski definition) is 2. The Hall–Kier alpha value is -1.83. The van der Waals surface area contributed by atoms with Crippen LogP contribution in [0.15, 0.2) is 42.6 Å². The largest absolute Gasteiger partial charge is 0.494 e. The molecule has 2 heteroatoms. The Morgan fingerprint density at radius 2 is 1.62 bits per heavy atom. The van der Waals surface area contributed by atoms with Crippen LogP contribution in [0.1, 0.15) is 110 Å². The lowest BCUT2D eigenvalue weighted by Gasteiger charge is -2.31. The molecule has 0 bridgehead atoms. The number of aryl methyl sites for hydroxylation is 1. The number of hydrogen-bond donors (Lipinski definition) is 0. The van der Waals surface area contributed by atoms with Gasteiger partial charge in [-0.1, -0.05) is 91.0 Å². The minimum Gasteiger partial charge on any atom is -0.494 e. The van der Waals surface area contributed by atoms with Gasteiger partial charge in [0.2, 0.25) is 0 Å². The number of ether oxygens (including phenoxy) is 1. The van der Waals surface area contributed by atoms with Crippen LogP contribution in [0.2, 0.25) is 0 Å². The summed E-state index contributed by atoms with van der Waals surface area (Å²) in [5.41, 5.74) is 3.55. The van der Waals surface area contributed by atoms with Crippen molar-refractivity contribution in [3.05, 3.63) is 48.2 Å². The number of nitrogens with zero attached hydrogens (tertiary/aromatic N) is 1. The zero-order valence-corrected chi connectivity index (χ0v) is 22.2. The molecule has 3 rings (SSSR count). The minimum absolute atomic E-state index is 0.827. The van der Waals surface area contributed by atoms with Crippen molar-refractivity contribution in [3.8, 4) is 17.0 Å². The van der Waals surface area contributed by atoms with E-state index in [2.05, 4.69) is 63.4 Å². The first-order valence-corrected chi connectivity index (χ1v) is 14.4. The van der Waals surface area contributed by atoms with Crippen LogP contribution in [0.4, 0.5) is 0 Å². The van der Waals surface area contributed by atoms with Crippen LogP contribution >= 0.6 is 0 Å². The van der Waals surface area contributed by atoms with E-state index in [0.717, 1.165) is 47.8 Å². The van der Waals surface area contributed by atoms with Crippen molar-refractivity contribution < 1.29 is 4.74 Å². The van der Waals surface area contributed by atoms with Gasteiger partial charge in [0.1, 0.15) is 5.75 Å². The van der Waals surface area contributed by atoms with Crippen molar-refractivity contribution in [1.82, 2.24) is 4.98 Å². The molecule has 2 aromatic rings. The molecular weight excluding hydrogens is 414 g/mol. The lowest BCUT2D eigenvalue weighted by molar-refractivity contribution is 0.190. The smallest absolute Gasteiger partial charge is 0.119 e. The summed E-state index contributed by atoms with van der Waals surface area (Å²) in [7, 11) is 0. The van der Waals surface area contributed by atoms with Crippen LogP contribution in [-0.2, 0) is 6.42 Å². The Kier molecular flexibility index (Phi) is 12.0. The van der Waals surface area contributed by atoms with Crippen molar-refractivity contribution in [3.63, 3.8) is 0 Å². The number of benzene rings is 1. The van der Waals surface area contributed by atoms with Crippen molar-refractivity contribution >= 4 is 0 Å². The minimum atomic E-state index is 0.827. The first kappa shape index (κ1) is 26.8. The van der Waals surface area contributed by atoms with Crippen LogP contribution < -0.4 is 4.74 Å². The molecule has 0 saturated heterocycles. The van der Waals surface area contributed by atoms with Crippen molar-refractivity contribution in [2.45, 2.75) is 111 Å². The average molecular weight is 464 g/mol. The summed E-state index contributed by atoms with van der Waals surface area (Å²) in [5.74, 6) is 3.71. The van der Waals surface area contributed by atoms with Gasteiger partial charge in [-0.15, -0.1) is 0 Å². The predicted molar refractivity (Wildman–Crippen MR) is 146 cm³/mol. The zero-order valence-electron chi connectivity index (χ0n) is 22.2. The summed E-state index contributed by atoms with van der Waals surface area (Å²) >= 11 is 0. The molecule has 3 atom stereocenters. The highest BCUT2D eigenvalue weighted by atomic mass is 16.5. The molecule has 1 aliphatic carbocycles. The monoisotopic (exact) mass is 463 g/mol. The normalized spacial score (nSPS) is 19.1. The van der Waals surface area contributed by atoms with Crippen molar-refractivity contribution in [2.24, 2.45) is 17.8 Å². The molecule has 1 saturated carbocycles. The summed E-state index contributed by atoms with van der Waals surface area (Å²) in [4.78, 5) is 4.72. The Bertz CT molecular complexity index is 782. The lowest BCUT2D eigenvalue weighted by Crippen LogP contribution is -2.20. The van der Waals surface area contributed by atoms with E-state index in [9.17, 15) is 0 Å². The third kappa shape index (κ3) is 9.08. The van der Waals surface area contributed by atoms with E-state index in [1.54, 1.807) is 0 Å². The van der Waals surface area contributed by atoms with Gasteiger partial charge in [-0.3, -0.25) is 4.98 Å². The van der Waals surface area contributed by atoms with Crippen LogP contribution in [0.3, 0.4) is 0 Å². The summed E-state index contributed by atoms with van der Waals surface area (Å²) in [6.07, 6.45) is 20.9. The highest BCUT2D eigenvalue weighted by molar-refractivity contribution is 5.60. The molecule has 1 fully saturated rings. The SMILES string of the molecule is CCCCCC1CCCCC1CCCOc1ccc(-c2ccc(CCC[C@@H](C)CC)cn2)cc1. The highest BCUT2D eigenvalue weighted by Crippen LogP contribution is 2.36. The molecule has 0 spiro atoms. The van der Waals surface area contributed by atoms with Crippen LogP contribution in [0.25, 0.3) is 11.3 Å². The fourth-order valence-corrected chi connectivity index (χ4v) is 5.56. The summed E-state index contributed by atoms with van der Waals surface area (Å²) < 4.78 is 6.09. The van der Waals surface area contributed by atoms with E-state index in [1.807, 2.05) is 0 Å². The van der Waals surface area contributed by atoms with Gasteiger partial charge in [0.15, 0.2) is 0 Å². The number of pyridine rings is 1. The zero-order chi connectivity index (χ0) is 24.0. The Labute approximate surface area is 209 Å². The Morgan fingerprint density at radius 1 is 0.882 bits per heavy atom. The molecular formula is C32H49NO. The number of aromatic nitrogens is 1. The van der Waals surface area contributed by atoms with Gasteiger partial charge in [0, 0.05) is 11.8 Å². The number of rotatable bonds is 15. The van der Waals surface area contributed by atoms with E-state index < -0.39 is 0 Å². The van der Waals surface area contributed by atoms with E-state index in [4.69, 9.17) is 9.72 Å². The number of unbranched alkanes of at least 4 members (excludes halogenated alkanes) is 2. The van der Waals surface area contributed by atoms with Gasteiger partial charge in [0.05, 0.1) is 12.3 Å².